The van der Waals surface area contributed by atoms with Gasteiger partial charge in [0.2, 0.25) is 0 Å². The molecule has 1 N–H and O–H groups in total. The lowest BCUT2D eigenvalue weighted by Crippen LogP contribution is -2.25. The SMILES string of the molecule is CCOc1ccc([C@H](C)NC(=O)c2cccs2)cc1OCC. The van der Waals surface area contributed by atoms with Crippen molar-refractivity contribution in [2.45, 2.75) is 26.8 Å². The van der Waals surface area contributed by atoms with Crippen LogP contribution < -0.4 is 14.8 Å². The first kappa shape index (κ1) is 16.4. The molecular weight excluding hydrogens is 298 g/mol. The largest absolute Gasteiger partial charge is 0.490 e. The van der Waals surface area contributed by atoms with Gasteiger partial charge in [0.1, 0.15) is 0 Å². The monoisotopic (exact) mass is 319 g/mol. The molecule has 0 aliphatic carbocycles. The first-order chi connectivity index (χ1) is 10.7. The molecule has 0 unspecified atom stereocenters. The van der Waals surface area contributed by atoms with Crippen LogP contribution in [0.15, 0.2) is 35.7 Å². The summed E-state index contributed by atoms with van der Waals surface area (Å²) in [6.45, 7) is 6.98. The number of ether oxygens (including phenoxy) is 2. The molecule has 4 nitrogen and oxygen atoms in total. The average molecular weight is 319 g/mol. The molecular formula is C17H21NO3S. The molecule has 2 rings (SSSR count). The highest BCUT2D eigenvalue weighted by molar-refractivity contribution is 7.12. The van der Waals surface area contributed by atoms with Crippen LogP contribution in [0.3, 0.4) is 0 Å². The zero-order valence-electron chi connectivity index (χ0n) is 13.1. The zero-order chi connectivity index (χ0) is 15.9. The minimum atomic E-state index is -0.107. The molecule has 0 bridgehead atoms. The predicted octanol–water partition coefficient (Wildman–Crippen LogP) is 4.04. The Hall–Kier alpha value is -2.01. The predicted molar refractivity (Wildman–Crippen MR) is 89.0 cm³/mol. The van der Waals surface area contributed by atoms with Gasteiger partial charge in [0, 0.05) is 0 Å². The standard InChI is InChI=1S/C17H21NO3S/c1-4-20-14-9-8-13(11-15(14)21-5-2)12(3)18-17(19)16-7-6-10-22-16/h6-12H,4-5H2,1-3H3,(H,18,19)/t12-/m0/s1. The number of carbonyl (C=O) groups excluding carboxylic acids is 1. The molecule has 0 spiro atoms. The highest BCUT2D eigenvalue weighted by atomic mass is 32.1. The normalized spacial score (nSPS) is 11.8. The van der Waals surface area contributed by atoms with E-state index in [1.54, 1.807) is 0 Å². The summed E-state index contributed by atoms with van der Waals surface area (Å²) in [4.78, 5) is 12.8. The van der Waals surface area contributed by atoms with Crippen LogP contribution in [0, 0.1) is 0 Å². The van der Waals surface area contributed by atoms with Crippen LogP contribution in [0.4, 0.5) is 0 Å². The van der Waals surface area contributed by atoms with E-state index >= 15 is 0 Å². The summed E-state index contributed by atoms with van der Waals surface area (Å²) in [5.74, 6) is 1.37. The molecule has 5 heteroatoms. The van der Waals surface area contributed by atoms with E-state index in [-0.39, 0.29) is 11.9 Å². The molecule has 0 saturated heterocycles. The third kappa shape index (κ3) is 4.01. The highest BCUT2D eigenvalue weighted by Gasteiger charge is 2.14. The van der Waals surface area contributed by atoms with Crippen molar-refractivity contribution in [3.05, 3.63) is 46.2 Å². The molecule has 1 heterocycles. The molecule has 2 aromatic rings. The van der Waals surface area contributed by atoms with Crippen molar-refractivity contribution in [1.82, 2.24) is 5.32 Å². The second-order valence-electron chi connectivity index (χ2n) is 4.74. The van der Waals surface area contributed by atoms with E-state index in [0.717, 1.165) is 11.3 Å². The van der Waals surface area contributed by atoms with Gasteiger partial charge in [-0.3, -0.25) is 4.79 Å². The fraction of sp³-hybridized carbons (Fsp3) is 0.353. The average Bonchev–Trinajstić information content (AvgIpc) is 3.04. The van der Waals surface area contributed by atoms with Gasteiger partial charge in [0.05, 0.1) is 24.1 Å². The maximum Gasteiger partial charge on any atom is 0.261 e. The maximum absolute atomic E-state index is 12.1. The van der Waals surface area contributed by atoms with Gasteiger partial charge in [0.25, 0.3) is 5.91 Å². The molecule has 1 aromatic carbocycles. The number of hydrogen-bond donors (Lipinski definition) is 1. The smallest absolute Gasteiger partial charge is 0.261 e. The fourth-order valence-electron chi connectivity index (χ4n) is 2.10. The second kappa shape index (κ2) is 7.84. The second-order valence-corrected chi connectivity index (χ2v) is 5.69. The minimum Gasteiger partial charge on any atom is -0.490 e. The van der Waals surface area contributed by atoms with E-state index in [1.807, 2.05) is 56.5 Å². The van der Waals surface area contributed by atoms with Crippen molar-refractivity contribution in [3.8, 4) is 11.5 Å². The van der Waals surface area contributed by atoms with E-state index in [0.29, 0.717) is 23.8 Å². The van der Waals surface area contributed by atoms with Gasteiger partial charge in [-0.05, 0) is 49.9 Å². The molecule has 22 heavy (non-hydrogen) atoms. The van der Waals surface area contributed by atoms with Crippen LogP contribution in [0.5, 0.6) is 11.5 Å². The molecule has 1 amide bonds. The number of amides is 1. The van der Waals surface area contributed by atoms with E-state index in [9.17, 15) is 4.79 Å². The van der Waals surface area contributed by atoms with Crippen molar-refractivity contribution in [2.75, 3.05) is 13.2 Å². The van der Waals surface area contributed by atoms with E-state index in [1.165, 1.54) is 11.3 Å². The Morgan fingerprint density at radius 1 is 1.18 bits per heavy atom. The summed E-state index contributed by atoms with van der Waals surface area (Å²) in [6.07, 6.45) is 0. The van der Waals surface area contributed by atoms with Gasteiger partial charge in [-0.1, -0.05) is 12.1 Å². The first-order valence-electron chi connectivity index (χ1n) is 7.39. The molecule has 118 valence electrons. The minimum absolute atomic E-state index is 0.0608. The first-order valence-corrected chi connectivity index (χ1v) is 8.27. The molecule has 0 radical (unpaired) electrons. The van der Waals surface area contributed by atoms with E-state index in [2.05, 4.69) is 5.32 Å². The van der Waals surface area contributed by atoms with Crippen LogP contribution in [0.2, 0.25) is 0 Å². The Morgan fingerprint density at radius 3 is 2.55 bits per heavy atom. The summed E-state index contributed by atoms with van der Waals surface area (Å²) in [7, 11) is 0. The maximum atomic E-state index is 12.1. The number of rotatable bonds is 7. The number of carbonyl (C=O) groups is 1. The van der Waals surface area contributed by atoms with Gasteiger partial charge in [0.15, 0.2) is 11.5 Å². The van der Waals surface area contributed by atoms with Gasteiger partial charge < -0.3 is 14.8 Å². The van der Waals surface area contributed by atoms with Gasteiger partial charge in [-0.2, -0.15) is 0 Å². The Balaban J connectivity index is 2.13. The number of benzene rings is 1. The third-order valence-electron chi connectivity index (χ3n) is 3.16. The highest BCUT2D eigenvalue weighted by Crippen LogP contribution is 2.30. The van der Waals surface area contributed by atoms with Crippen LogP contribution in [0.25, 0.3) is 0 Å². The Bertz CT molecular complexity index is 610. The molecule has 0 fully saturated rings. The Morgan fingerprint density at radius 2 is 1.91 bits per heavy atom. The molecule has 0 saturated carbocycles. The lowest BCUT2D eigenvalue weighted by molar-refractivity contribution is 0.0944. The summed E-state index contributed by atoms with van der Waals surface area (Å²) in [5, 5.41) is 4.89. The van der Waals surface area contributed by atoms with Crippen LogP contribution in [-0.2, 0) is 0 Å². The van der Waals surface area contributed by atoms with E-state index in [4.69, 9.17) is 9.47 Å². The summed E-state index contributed by atoms with van der Waals surface area (Å²) < 4.78 is 11.2. The lowest BCUT2D eigenvalue weighted by Gasteiger charge is -2.17. The fourth-order valence-corrected chi connectivity index (χ4v) is 2.72. The van der Waals surface area contributed by atoms with Crippen molar-refractivity contribution < 1.29 is 14.3 Å². The number of hydrogen-bond acceptors (Lipinski definition) is 4. The number of nitrogens with one attached hydrogen (secondary N) is 1. The topological polar surface area (TPSA) is 47.6 Å². The molecule has 0 aliphatic heterocycles. The van der Waals surface area contributed by atoms with Crippen molar-refractivity contribution in [3.63, 3.8) is 0 Å². The van der Waals surface area contributed by atoms with Crippen molar-refractivity contribution in [1.29, 1.82) is 0 Å². The number of thiophene rings is 1. The zero-order valence-corrected chi connectivity index (χ0v) is 13.9. The van der Waals surface area contributed by atoms with Gasteiger partial charge in [-0.15, -0.1) is 11.3 Å². The van der Waals surface area contributed by atoms with Crippen LogP contribution in [0.1, 0.15) is 42.0 Å². The summed E-state index contributed by atoms with van der Waals surface area (Å²) >= 11 is 1.43. The Labute approximate surface area is 135 Å². The van der Waals surface area contributed by atoms with Crippen LogP contribution in [-0.4, -0.2) is 19.1 Å². The van der Waals surface area contributed by atoms with E-state index < -0.39 is 0 Å². The summed E-state index contributed by atoms with van der Waals surface area (Å²) in [6, 6.07) is 9.34. The van der Waals surface area contributed by atoms with Crippen molar-refractivity contribution in [2.24, 2.45) is 0 Å². The Kier molecular flexibility index (Phi) is 5.83. The van der Waals surface area contributed by atoms with Gasteiger partial charge >= 0.3 is 0 Å². The summed E-state index contributed by atoms with van der Waals surface area (Å²) in [5.41, 5.74) is 0.983. The quantitative estimate of drug-likeness (QED) is 0.838. The molecule has 0 aliphatic rings. The molecule has 1 atom stereocenters. The third-order valence-corrected chi connectivity index (χ3v) is 4.03. The molecule has 1 aromatic heterocycles. The lowest BCUT2D eigenvalue weighted by atomic mass is 10.1. The van der Waals surface area contributed by atoms with Gasteiger partial charge in [-0.25, -0.2) is 0 Å². The van der Waals surface area contributed by atoms with Crippen LogP contribution >= 0.6 is 11.3 Å². The van der Waals surface area contributed by atoms with Crippen molar-refractivity contribution >= 4 is 17.2 Å².